The quantitative estimate of drug-likeness (QED) is 0.130. The molecule has 0 N–H and O–H groups in total. The van der Waals surface area contributed by atoms with Crippen LogP contribution in [0.1, 0.15) is 12.0 Å². The second-order valence-corrected chi connectivity index (χ2v) is 12.0. The van der Waals surface area contributed by atoms with Gasteiger partial charge in [0.1, 0.15) is 0 Å². The molecule has 0 unspecified atom stereocenters. The lowest BCUT2D eigenvalue weighted by molar-refractivity contribution is -0.461. The third-order valence-corrected chi connectivity index (χ3v) is 9.18. The van der Waals surface area contributed by atoms with Gasteiger partial charge < -0.3 is 0 Å². The Morgan fingerprint density at radius 2 is 0.696 bits per heavy atom. The van der Waals surface area contributed by atoms with Crippen LogP contribution in [0.4, 0.5) is 74.6 Å². The first-order chi connectivity index (χ1) is 20.8. The molecule has 3 rings (SSSR count). The van der Waals surface area contributed by atoms with Gasteiger partial charge >= 0.3 is 47.6 Å². The maximum Gasteiger partial charge on any atom is 0.460 e. The van der Waals surface area contributed by atoms with E-state index in [4.69, 9.17) is 0 Å². The van der Waals surface area contributed by atoms with Gasteiger partial charge in [0.25, 0.3) is 0 Å². The van der Waals surface area contributed by atoms with Gasteiger partial charge in [-0.1, -0.05) is 84.9 Å². The Labute approximate surface area is 250 Å². The van der Waals surface area contributed by atoms with Gasteiger partial charge in [-0.15, -0.1) is 0 Å². The van der Waals surface area contributed by atoms with Crippen LogP contribution in [0, 0.1) is 0 Å². The highest BCUT2D eigenvalue weighted by Gasteiger charge is 2.95. The van der Waals surface area contributed by atoms with E-state index in [1.54, 1.807) is 60.7 Å². The van der Waals surface area contributed by atoms with Crippen molar-refractivity contribution in [2.45, 2.75) is 60.5 Å². The minimum atomic E-state index is -8.63. The molecule has 0 aromatic heterocycles. The topological polar surface area (TPSA) is 0 Å². The first-order valence-electron chi connectivity index (χ1n) is 12.5. The molecule has 0 radical (unpaired) electrons. The van der Waals surface area contributed by atoms with Crippen molar-refractivity contribution in [3.05, 3.63) is 90.5 Å². The molecular formula is C28H18F17P. The molecule has 0 fully saturated rings. The van der Waals surface area contributed by atoms with E-state index in [1.165, 1.54) is 12.1 Å². The molecule has 0 amide bonds. The van der Waals surface area contributed by atoms with E-state index in [9.17, 15) is 74.6 Å². The van der Waals surface area contributed by atoms with E-state index in [0.717, 1.165) is 22.7 Å². The third kappa shape index (κ3) is 6.03. The average molecular weight is 708 g/mol. The van der Waals surface area contributed by atoms with E-state index in [0.29, 0.717) is 5.30 Å². The fraction of sp³-hybridized carbons (Fsp3) is 0.357. The number of alkyl halides is 17. The Bertz CT molecular complexity index is 1410. The standard InChI is InChI=1S/C28H18F17P/c29-21(30,22(31,32)23(33,34)24(35,36)25(37,38)26(39,40)27(41,42)28(43,44)45)16-15-17-11-13-20(14-12-17)46(18-7-3-1-4-8-18)19-9-5-2-6-10-19/h1-14H,15-16H2. The summed E-state index contributed by atoms with van der Waals surface area (Å²) in [6.07, 6.45) is -11.6. The van der Waals surface area contributed by atoms with Gasteiger partial charge in [-0.3, -0.25) is 0 Å². The molecule has 0 nitrogen and oxygen atoms in total. The molecule has 3 aromatic carbocycles. The summed E-state index contributed by atoms with van der Waals surface area (Å²) in [4.78, 5) is 0. The molecule has 3 aromatic rings. The minimum absolute atomic E-state index is 0.299. The van der Waals surface area contributed by atoms with E-state index in [-0.39, 0.29) is 5.56 Å². The van der Waals surface area contributed by atoms with E-state index in [2.05, 4.69) is 0 Å². The van der Waals surface area contributed by atoms with Crippen molar-refractivity contribution in [1.82, 2.24) is 0 Å². The molecule has 0 saturated heterocycles. The second kappa shape index (κ2) is 12.2. The third-order valence-electron chi connectivity index (χ3n) is 6.74. The van der Waals surface area contributed by atoms with E-state index in [1.807, 2.05) is 0 Å². The fourth-order valence-electron chi connectivity index (χ4n) is 4.07. The first-order valence-corrected chi connectivity index (χ1v) is 13.8. The van der Waals surface area contributed by atoms with E-state index >= 15 is 0 Å². The highest BCUT2D eigenvalue weighted by atomic mass is 31.1. The van der Waals surface area contributed by atoms with Crippen molar-refractivity contribution in [3.8, 4) is 0 Å². The van der Waals surface area contributed by atoms with Crippen molar-refractivity contribution in [2.75, 3.05) is 0 Å². The zero-order valence-corrected chi connectivity index (χ0v) is 23.3. The van der Waals surface area contributed by atoms with Crippen LogP contribution in [0.3, 0.4) is 0 Å². The van der Waals surface area contributed by atoms with Crippen LogP contribution < -0.4 is 15.9 Å². The molecule has 254 valence electrons. The van der Waals surface area contributed by atoms with Crippen LogP contribution in [0.15, 0.2) is 84.9 Å². The summed E-state index contributed by atoms with van der Waals surface area (Å²) >= 11 is 0. The summed E-state index contributed by atoms with van der Waals surface area (Å²) in [6, 6.07) is 22.3. The zero-order chi connectivity index (χ0) is 35.2. The minimum Gasteiger partial charge on any atom is -0.200 e. The Morgan fingerprint density at radius 3 is 1.07 bits per heavy atom. The monoisotopic (exact) mass is 708 g/mol. The summed E-state index contributed by atoms with van der Waals surface area (Å²) < 4.78 is 230. The van der Waals surface area contributed by atoms with Crippen LogP contribution in [-0.2, 0) is 6.42 Å². The largest absolute Gasteiger partial charge is 0.460 e. The maximum absolute atomic E-state index is 14.4. The van der Waals surface area contributed by atoms with Gasteiger partial charge in [0.05, 0.1) is 0 Å². The van der Waals surface area contributed by atoms with Gasteiger partial charge in [-0.2, -0.15) is 74.6 Å². The smallest absolute Gasteiger partial charge is 0.200 e. The molecule has 0 bridgehead atoms. The molecule has 18 heteroatoms. The SMILES string of the molecule is FC(F)(F)C(F)(F)C(F)(F)C(F)(F)C(F)(F)C(F)(F)C(F)(F)C(F)(F)CCc1ccc(P(c2ccccc2)c2ccccc2)cc1. The van der Waals surface area contributed by atoms with Crippen LogP contribution in [0.5, 0.6) is 0 Å². The first kappa shape index (κ1) is 37.4. The average Bonchev–Trinajstić information content (AvgIpc) is 2.97. The summed E-state index contributed by atoms with van der Waals surface area (Å²) in [5.74, 6) is -56.3. The maximum atomic E-state index is 14.4. The number of benzene rings is 3. The summed E-state index contributed by atoms with van der Waals surface area (Å²) in [7, 11) is -1.28. The highest BCUT2D eigenvalue weighted by Crippen LogP contribution is 2.64. The van der Waals surface area contributed by atoms with Crippen LogP contribution in [0.25, 0.3) is 0 Å². The predicted octanol–water partition coefficient (Wildman–Crippen LogP) is 9.39. The van der Waals surface area contributed by atoms with Gasteiger partial charge in [-0.25, -0.2) is 0 Å². The van der Waals surface area contributed by atoms with Crippen LogP contribution in [-0.4, -0.2) is 47.6 Å². The van der Waals surface area contributed by atoms with Gasteiger partial charge in [0.15, 0.2) is 0 Å². The Balaban J connectivity index is 1.89. The molecular weight excluding hydrogens is 690 g/mol. The predicted molar refractivity (Wildman–Crippen MR) is 134 cm³/mol. The van der Waals surface area contributed by atoms with Crippen molar-refractivity contribution < 1.29 is 74.6 Å². The molecule has 0 saturated carbocycles. The summed E-state index contributed by atoms with van der Waals surface area (Å²) in [5.41, 5.74) is -0.299. The Hall–Kier alpha value is -3.10. The lowest BCUT2D eigenvalue weighted by atomic mass is 9.87. The Morgan fingerprint density at radius 1 is 0.370 bits per heavy atom. The number of halogens is 17. The van der Waals surface area contributed by atoms with Crippen molar-refractivity contribution in [2.24, 2.45) is 0 Å². The molecule has 0 atom stereocenters. The van der Waals surface area contributed by atoms with Crippen molar-refractivity contribution >= 4 is 23.8 Å². The number of aryl methyl sites for hydroxylation is 1. The number of rotatable bonds is 12. The van der Waals surface area contributed by atoms with Crippen LogP contribution in [0.2, 0.25) is 0 Å². The fourth-order valence-corrected chi connectivity index (χ4v) is 6.35. The van der Waals surface area contributed by atoms with Crippen LogP contribution >= 0.6 is 7.92 Å². The zero-order valence-electron chi connectivity index (χ0n) is 22.4. The lowest BCUT2D eigenvalue weighted by Gasteiger charge is -2.42. The number of hydrogen-bond donors (Lipinski definition) is 0. The van der Waals surface area contributed by atoms with Gasteiger partial charge in [-0.05, 0) is 35.8 Å². The van der Waals surface area contributed by atoms with Gasteiger partial charge in [0.2, 0.25) is 0 Å². The Kier molecular flexibility index (Phi) is 9.88. The highest BCUT2D eigenvalue weighted by molar-refractivity contribution is 7.79. The summed E-state index contributed by atoms with van der Waals surface area (Å²) in [5, 5.41) is 2.18. The molecule has 0 heterocycles. The molecule has 0 aliphatic rings. The summed E-state index contributed by atoms with van der Waals surface area (Å²) in [6.45, 7) is 0. The van der Waals surface area contributed by atoms with Gasteiger partial charge in [0, 0.05) is 6.42 Å². The van der Waals surface area contributed by atoms with Crippen molar-refractivity contribution in [3.63, 3.8) is 0 Å². The lowest BCUT2D eigenvalue weighted by Crippen LogP contribution is -2.74. The molecule has 0 spiro atoms. The number of hydrogen-bond acceptors (Lipinski definition) is 0. The normalized spacial score (nSPS) is 14.6. The van der Waals surface area contributed by atoms with Crippen molar-refractivity contribution in [1.29, 1.82) is 0 Å². The van der Waals surface area contributed by atoms with E-state index < -0.39 is 68.4 Å². The molecule has 0 aliphatic heterocycles. The second-order valence-electron chi connectivity index (χ2n) is 9.82. The molecule has 46 heavy (non-hydrogen) atoms. The molecule has 0 aliphatic carbocycles.